The van der Waals surface area contributed by atoms with Crippen LogP contribution in [0, 0.1) is 0 Å². The number of aromatic nitrogens is 2. The lowest BCUT2D eigenvalue weighted by molar-refractivity contribution is 0.563. The lowest BCUT2D eigenvalue weighted by atomic mass is 10.1. The van der Waals surface area contributed by atoms with Crippen LogP contribution in [0.3, 0.4) is 0 Å². The quantitative estimate of drug-likeness (QED) is 0.181. The predicted octanol–water partition coefficient (Wildman–Crippen LogP) is 6.40. The van der Waals surface area contributed by atoms with Crippen LogP contribution in [0.2, 0.25) is 10.0 Å². The van der Waals surface area contributed by atoms with Crippen LogP contribution in [0.15, 0.2) is 99.4 Å². The van der Waals surface area contributed by atoms with Gasteiger partial charge in [0.15, 0.2) is 0 Å². The number of hydrogen-bond acceptors (Lipinski definition) is 5. The van der Waals surface area contributed by atoms with Crippen molar-refractivity contribution in [1.82, 2.24) is 9.78 Å². The van der Waals surface area contributed by atoms with Gasteiger partial charge < -0.3 is 4.42 Å². The Morgan fingerprint density at radius 3 is 2.45 bits per heavy atom. The summed E-state index contributed by atoms with van der Waals surface area (Å²) in [5, 5.41) is 10.6. The van der Waals surface area contributed by atoms with Gasteiger partial charge in [0.05, 0.1) is 33.2 Å². The van der Waals surface area contributed by atoms with E-state index in [2.05, 4.69) is 15.6 Å². The van der Waals surface area contributed by atoms with Crippen LogP contribution in [0.4, 0.5) is 5.69 Å². The largest absolute Gasteiger partial charge is 0.422 e. The van der Waals surface area contributed by atoms with E-state index in [0.29, 0.717) is 38.1 Å². The zero-order valence-corrected chi connectivity index (χ0v) is 18.6. The molecule has 162 valence electrons. The van der Waals surface area contributed by atoms with E-state index in [1.807, 2.05) is 48.5 Å². The fourth-order valence-corrected chi connectivity index (χ4v) is 3.88. The zero-order chi connectivity index (χ0) is 22.8. The molecule has 0 fully saturated rings. The number of nitrogens with zero attached hydrogens (tertiary/aromatic N) is 3. The van der Waals surface area contributed by atoms with E-state index in [-0.39, 0.29) is 0 Å². The van der Waals surface area contributed by atoms with Crippen molar-refractivity contribution in [2.24, 2.45) is 5.10 Å². The van der Waals surface area contributed by atoms with Gasteiger partial charge in [-0.05, 0) is 36.4 Å². The van der Waals surface area contributed by atoms with Crippen LogP contribution in [-0.4, -0.2) is 16.0 Å². The Hall–Kier alpha value is -3.87. The summed E-state index contributed by atoms with van der Waals surface area (Å²) in [6, 6.07) is 23.9. The molecule has 6 nitrogen and oxygen atoms in total. The molecule has 0 bridgehead atoms. The fraction of sp³-hybridized carbons (Fsp3) is 0. The molecule has 1 N–H and O–H groups in total. The summed E-state index contributed by atoms with van der Waals surface area (Å²) < 4.78 is 7.21. The first-order valence-electron chi connectivity index (χ1n) is 10.0. The number of anilines is 1. The average Bonchev–Trinajstić information content (AvgIpc) is 3.25. The summed E-state index contributed by atoms with van der Waals surface area (Å²) in [7, 11) is 0. The molecule has 0 unspecified atom stereocenters. The number of fused-ring (bicyclic) bond motifs is 1. The number of nitrogens with one attached hydrogen (secondary N) is 1. The molecule has 8 heteroatoms. The molecule has 0 amide bonds. The highest BCUT2D eigenvalue weighted by molar-refractivity contribution is 6.39. The maximum atomic E-state index is 12.8. The van der Waals surface area contributed by atoms with Crippen LogP contribution in [0.25, 0.3) is 27.9 Å². The third-order valence-corrected chi connectivity index (χ3v) is 5.63. The molecule has 33 heavy (non-hydrogen) atoms. The number of para-hydroxylation sites is 3. The number of hydrogen-bond donors (Lipinski definition) is 1. The number of benzene rings is 3. The van der Waals surface area contributed by atoms with Crippen LogP contribution in [0.1, 0.15) is 5.56 Å². The molecule has 2 heterocycles. The van der Waals surface area contributed by atoms with Gasteiger partial charge in [-0.3, -0.25) is 5.43 Å². The summed E-state index contributed by atoms with van der Waals surface area (Å²) in [6.07, 6.45) is 3.36. The molecule has 0 saturated heterocycles. The summed E-state index contributed by atoms with van der Waals surface area (Å²) in [5.41, 5.74) is 5.60. The highest BCUT2D eigenvalue weighted by Gasteiger charge is 2.16. The van der Waals surface area contributed by atoms with E-state index in [4.69, 9.17) is 27.6 Å². The topological polar surface area (TPSA) is 72.4 Å². The lowest BCUT2D eigenvalue weighted by Gasteiger charge is -2.05. The van der Waals surface area contributed by atoms with Crippen molar-refractivity contribution >= 4 is 46.1 Å². The first-order chi connectivity index (χ1) is 16.1. The van der Waals surface area contributed by atoms with Gasteiger partial charge in [-0.1, -0.05) is 65.7 Å². The molecule has 2 aromatic heterocycles. The normalized spacial score (nSPS) is 11.3. The minimum Gasteiger partial charge on any atom is -0.422 e. The lowest BCUT2D eigenvalue weighted by Crippen LogP contribution is -2.05. The van der Waals surface area contributed by atoms with Gasteiger partial charge in [-0.25, -0.2) is 9.48 Å². The third kappa shape index (κ3) is 4.26. The van der Waals surface area contributed by atoms with Gasteiger partial charge in [0, 0.05) is 17.1 Å². The van der Waals surface area contributed by atoms with Crippen molar-refractivity contribution in [3.8, 4) is 16.9 Å². The van der Waals surface area contributed by atoms with Crippen molar-refractivity contribution in [3.63, 3.8) is 0 Å². The Morgan fingerprint density at radius 2 is 1.67 bits per heavy atom. The van der Waals surface area contributed by atoms with Gasteiger partial charge in [0.25, 0.3) is 0 Å². The van der Waals surface area contributed by atoms with Gasteiger partial charge >= 0.3 is 5.63 Å². The van der Waals surface area contributed by atoms with Crippen molar-refractivity contribution in [2.45, 2.75) is 0 Å². The van der Waals surface area contributed by atoms with Crippen molar-refractivity contribution in [3.05, 3.63) is 111 Å². The second kappa shape index (κ2) is 8.94. The van der Waals surface area contributed by atoms with E-state index in [9.17, 15) is 4.79 Å². The first-order valence-corrected chi connectivity index (χ1v) is 10.8. The predicted molar refractivity (Wildman–Crippen MR) is 133 cm³/mol. The van der Waals surface area contributed by atoms with Gasteiger partial charge in [0.2, 0.25) is 0 Å². The molecule has 5 rings (SSSR count). The maximum Gasteiger partial charge on any atom is 0.345 e. The molecular formula is C25H16Cl2N4O2. The smallest absolute Gasteiger partial charge is 0.345 e. The zero-order valence-electron chi connectivity index (χ0n) is 17.1. The van der Waals surface area contributed by atoms with Crippen LogP contribution >= 0.6 is 23.2 Å². The Bertz CT molecular complexity index is 1520. The van der Waals surface area contributed by atoms with Crippen LogP contribution < -0.4 is 11.1 Å². The summed E-state index contributed by atoms with van der Waals surface area (Å²) >= 11 is 12.4. The van der Waals surface area contributed by atoms with E-state index < -0.39 is 5.63 Å². The Morgan fingerprint density at radius 1 is 0.939 bits per heavy atom. The number of rotatable bonds is 5. The highest BCUT2D eigenvalue weighted by atomic mass is 35.5. The molecule has 0 spiro atoms. The number of hydrazone groups is 1. The minimum atomic E-state index is -0.483. The molecule has 5 aromatic rings. The second-order valence-electron chi connectivity index (χ2n) is 7.17. The Labute approximate surface area is 198 Å². The van der Waals surface area contributed by atoms with Gasteiger partial charge in [-0.2, -0.15) is 10.2 Å². The molecule has 0 aliphatic rings. The van der Waals surface area contributed by atoms with Crippen LogP contribution in [0.5, 0.6) is 0 Å². The monoisotopic (exact) mass is 474 g/mol. The van der Waals surface area contributed by atoms with Crippen molar-refractivity contribution in [1.29, 1.82) is 0 Å². The maximum absolute atomic E-state index is 12.8. The minimum absolute atomic E-state index is 0.334. The molecule has 0 atom stereocenters. The molecular weight excluding hydrogens is 459 g/mol. The highest BCUT2D eigenvalue weighted by Crippen LogP contribution is 2.30. The molecule has 0 aliphatic heterocycles. The SMILES string of the molecule is O=c1oc2ccccc2cc1-c1nn(-c2ccccc2)cc1C=NNc1c(Cl)cccc1Cl. The fourth-order valence-electron chi connectivity index (χ4n) is 3.40. The number of halogens is 2. The molecule has 3 aromatic carbocycles. The summed E-state index contributed by atoms with van der Waals surface area (Å²) in [4.78, 5) is 12.8. The molecule has 0 aliphatic carbocycles. The van der Waals surface area contributed by atoms with Crippen molar-refractivity contribution in [2.75, 3.05) is 5.43 Å². The standard InChI is InChI=1S/C25H16Cl2N4O2/c26-20-10-6-11-21(27)24(20)29-28-14-17-15-31(18-8-2-1-3-9-18)30-23(17)19-13-16-7-4-5-12-22(16)33-25(19)32/h1-15,29H. The van der Waals surface area contributed by atoms with Crippen molar-refractivity contribution < 1.29 is 4.42 Å². The van der Waals surface area contributed by atoms with Gasteiger partial charge in [-0.15, -0.1) is 0 Å². The molecule has 0 radical (unpaired) electrons. The average molecular weight is 475 g/mol. The van der Waals surface area contributed by atoms with E-state index in [1.165, 1.54) is 0 Å². The second-order valence-corrected chi connectivity index (χ2v) is 7.98. The molecule has 0 saturated carbocycles. The van der Waals surface area contributed by atoms with Gasteiger partial charge in [0.1, 0.15) is 11.3 Å². The summed E-state index contributed by atoms with van der Waals surface area (Å²) in [5.74, 6) is 0. The van der Waals surface area contributed by atoms with E-state index >= 15 is 0 Å². The Balaban J connectivity index is 1.60. The third-order valence-electron chi connectivity index (χ3n) is 5.00. The summed E-state index contributed by atoms with van der Waals surface area (Å²) in [6.45, 7) is 0. The van der Waals surface area contributed by atoms with E-state index in [1.54, 1.807) is 47.4 Å². The Kier molecular flexibility index (Phi) is 5.69. The van der Waals surface area contributed by atoms with Crippen LogP contribution in [-0.2, 0) is 0 Å². The van der Waals surface area contributed by atoms with E-state index in [0.717, 1.165) is 11.1 Å². The first kappa shape index (κ1) is 21.0.